The average Bonchev–Trinajstić information content (AvgIpc) is 2.59. The summed E-state index contributed by atoms with van der Waals surface area (Å²) in [6, 6.07) is 7.30. The van der Waals surface area contributed by atoms with Crippen molar-refractivity contribution < 1.29 is 28.2 Å². The van der Waals surface area contributed by atoms with Crippen molar-refractivity contribution in [1.29, 1.82) is 0 Å². The molecule has 0 aliphatic rings. The number of esters is 2. The number of methoxy groups -OCH3 is 2. The fourth-order valence-corrected chi connectivity index (χ4v) is 3.61. The number of ether oxygens (including phenoxy) is 2. The SMILES string of the molecule is COC(=O)C(C)NP(=O)(N[C@@H](C)C(=O)OC)OCc1ccccc1. The molecule has 9 heteroatoms. The van der Waals surface area contributed by atoms with Crippen molar-refractivity contribution in [2.45, 2.75) is 32.5 Å². The molecule has 0 spiro atoms. The van der Waals surface area contributed by atoms with Crippen molar-refractivity contribution >= 4 is 19.6 Å². The Labute approximate surface area is 141 Å². The van der Waals surface area contributed by atoms with Crippen molar-refractivity contribution in [2.24, 2.45) is 0 Å². The van der Waals surface area contributed by atoms with Crippen molar-refractivity contribution in [3.05, 3.63) is 35.9 Å². The topological polar surface area (TPSA) is 103 Å². The number of hydrogen-bond donors (Lipinski definition) is 2. The predicted octanol–water partition coefficient (Wildman–Crippen LogP) is 1.61. The monoisotopic (exact) mass is 358 g/mol. The average molecular weight is 358 g/mol. The summed E-state index contributed by atoms with van der Waals surface area (Å²) in [5.74, 6) is -1.21. The molecule has 0 saturated heterocycles. The van der Waals surface area contributed by atoms with Gasteiger partial charge in [-0.05, 0) is 19.4 Å². The Morgan fingerprint density at radius 3 is 1.88 bits per heavy atom. The van der Waals surface area contributed by atoms with E-state index in [4.69, 9.17) is 4.52 Å². The van der Waals surface area contributed by atoms with Gasteiger partial charge < -0.3 is 14.0 Å². The van der Waals surface area contributed by atoms with Gasteiger partial charge in [0.25, 0.3) is 0 Å². The zero-order chi connectivity index (χ0) is 18.2. The molecule has 24 heavy (non-hydrogen) atoms. The van der Waals surface area contributed by atoms with Crippen molar-refractivity contribution in [1.82, 2.24) is 10.2 Å². The molecule has 0 radical (unpaired) electrons. The molecule has 0 heterocycles. The lowest BCUT2D eigenvalue weighted by molar-refractivity contribution is -0.142. The third-order valence-electron chi connectivity index (χ3n) is 3.09. The Morgan fingerprint density at radius 2 is 1.46 bits per heavy atom. The Kier molecular flexibility index (Phi) is 8.07. The van der Waals surface area contributed by atoms with Crippen LogP contribution >= 0.6 is 7.67 Å². The molecule has 2 unspecified atom stereocenters. The van der Waals surface area contributed by atoms with Gasteiger partial charge in [-0.3, -0.25) is 14.2 Å². The Bertz CT molecular complexity index is 567. The van der Waals surface area contributed by atoms with Gasteiger partial charge in [0.15, 0.2) is 0 Å². The van der Waals surface area contributed by atoms with E-state index in [1.54, 1.807) is 12.1 Å². The van der Waals surface area contributed by atoms with Crippen LogP contribution in [-0.4, -0.2) is 38.2 Å². The molecule has 1 rings (SSSR count). The molecular formula is C15H23N2O6P. The minimum absolute atomic E-state index is 0.0277. The van der Waals surface area contributed by atoms with Crippen molar-refractivity contribution in [3.63, 3.8) is 0 Å². The van der Waals surface area contributed by atoms with E-state index >= 15 is 0 Å². The lowest BCUT2D eigenvalue weighted by atomic mass is 10.2. The van der Waals surface area contributed by atoms with E-state index in [0.29, 0.717) is 0 Å². The highest BCUT2D eigenvalue weighted by Crippen LogP contribution is 2.40. The third-order valence-corrected chi connectivity index (χ3v) is 5.04. The van der Waals surface area contributed by atoms with E-state index in [2.05, 4.69) is 19.6 Å². The first-order valence-electron chi connectivity index (χ1n) is 7.31. The minimum Gasteiger partial charge on any atom is -0.468 e. The Morgan fingerprint density at radius 1 is 1.00 bits per heavy atom. The van der Waals surface area contributed by atoms with E-state index in [0.717, 1.165) is 5.56 Å². The molecule has 8 nitrogen and oxygen atoms in total. The number of carbonyl (C=O) groups is 2. The predicted molar refractivity (Wildman–Crippen MR) is 88.1 cm³/mol. The molecular weight excluding hydrogens is 335 g/mol. The van der Waals surface area contributed by atoms with Crippen LogP contribution in [0.3, 0.4) is 0 Å². The molecule has 0 aromatic heterocycles. The number of nitrogens with one attached hydrogen (secondary N) is 2. The molecule has 0 saturated carbocycles. The van der Waals surface area contributed by atoms with Crippen LogP contribution in [0.4, 0.5) is 0 Å². The van der Waals surface area contributed by atoms with Crippen LogP contribution in [0.25, 0.3) is 0 Å². The largest absolute Gasteiger partial charge is 0.468 e. The Balaban J connectivity index is 2.86. The van der Waals surface area contributed by atoms with Crippen LogP contribution in [-0.2, 0) is 34.8 Å². The van der Waals surface area contributed by atoms with Crippen LogP contribution < -0.4 is 10.2 Å². The number of hydrogen-bond acceptors (Lipinski definition) is 6. The van der Waals surface area contributed by atoms with Gasteiger partial charge >= 0.3 is 19.6 Å². The first-order valence-corrected chi connectivity index (χ1v) is 8.93. The fourth-order valence-electron chi connectivity index (χ4n) is 1.82. The summed E-state index contributed by atoms with van der Waals surface area (Å²) in [6.45, 7) is 2.99. The second-order valence-corrected chi connectivity index (χ2v) is 6.94. The van der Waals surface area contributed by atoms with E-state index < -0.39 is 31.7 Å². The van der Waals surface area contributed by atoms with Crippen LogP contribution in [0, 0.1) is 0 Å². The second-order valence-electron chi connectivity index (χ2n) is 5.06. The van der Waals surface area contributed by atoms with E-state index in [-0.39, 0.29) is 6.61 Å². The maximum Gasteiger partial charge on any atom is 0.342 e. The number of carbonyl (C=O) groups excluding carboxylic acids is 2. The van der Waals surface area contributed by atoms with Gasteiger partial charge in [0.2, 0.25) is 0 Å². The smallest absolute Gasteiger partial charge is 0.342 e. The quantitative estimate of drug-likeness (QED) is 0.507. The van der Waals surface area contributed by atoms with Gasteiger partial charge in [0.05, 0.1) is 20.8 Å². The van der Waals surface area contributed by atoms with E-state index in [1.165, 1.54) is 28.1 Å². The van der Waals surface area contributed by atoms with Crippen LogP contribution in [0.15, 0.2) is 30.3 Å². The van der Waals surface area contributed by atoms with Crippen LogP contribution in [0.2, 0.25) is 0 Å². The summed E-state index contributed by atoms with van der Waals surface area (Å²) >= 11 is 0. The maximum absolute atomic E-state index is 13.0. The van der Waals surface area contributed by atoms with Gasteiger partial charge in [-0.15, -0.1) is 0 Å². The van der Waals surface area contributed by atoms with E-state index in [1.807, 2.05) is 18.2 Å². The zero-order valence-corrected chi connectivity index (χ0v) is 15.0. The molecule has 134 valence electrons. The normalized spacial score (nSPS) is 15.8. The molecule has 0 fully saturated rings. The maximum atomic E-state index is 13.0. The summed E-state index contributed by atoms with van der Waals surface area (Å²) < 4.78 is 27.6. The summed E-state index contributed by atoms with van der Waals surface area (Å²) in [6.07, 6.45) is 0. The van der Waals surface area contributed by atoms with Crippen LogP contribution in [0.5, 0.6) is 0 Å². The molecule has 0 amide bonds. The molecule has 2 N–H and O–H groups in total. The number of rotatable bonds is 9. The molecule has 0 aliphatic heterocycles. The first kappa shape index (κ1) is 20.3. The third kappa shape index (κ3) is 6.41. The highest BCUT2D eigenvalue weighted by Gasteiger charge is 2.32. The van der Waals surface area contributed by atoms with Crippen molar-refractivity contribution in [3.8, 4) is 0 Å². The number of benzene rings is 1. The minimum atomic E-state index is -3.73. The summed E-state index contributed by atoms with van der Waals surface area (Å²) in [4.78, 5) is 23.1. The van der Waals surface area contributed by atoms with Gasteiger partial charge in [-0.25, -0.2) is 10.2 Å². The Hall–Kier alpha value is -1.73. The molecule has 1 aromatic carbocycles. The summed E-state index contributed by atoms with van der Waals surface area (Å²) in [5, 5.41) is 5.13. The van der Waals surface area contributed by atoms with Gasteiger partial charge in [0, 0.05) is 0 Å². The highest BCUT2D eigenvalue weighted by molar-refractivity contribution is 7.54. The fraction of sp³-hybridized carbons (Fsp3) is 0.467. The van der Waals surface area contributed by atoms with E-state index in [9.17, 15) is 14.2 Å². The first-order chi connectivity index (χ1) is 11.3. The lowest BCUT2D eigenvalue weighted by Crippen LogP contribution is -2.41. The van der Waals surface area contributed by atoms with Crippen molar-refractivity contribution in [2.75, 3.05) is 14.2 Å². The van der Waals surface area contributed by atoms with Crippen LogP contribution in [0.1, 0.15) is 19.4 Å². The standard InChI is InChI=1S/C15H23N2O6P/c1-11(14(18)21-3)16-24(20,17-12(2)15(19)22-4)23-10-13-8-6-5-7-9-13/h5-9,11-12H,10H2,1-4H3,(H2,16,17,20)/t11-,12?,24?/m0/s1. The van der Waals surface area contributed by atoms with Gasteiger partial charge in [-0.2, -0.15) is 0 Å². The molecule has 0 aliphatic carbocycles. The summed E-state index contributed by atoms with van der Waals surface area (Å²) in [7, 11) is -1.29. The molecule has 1 aromatic rings. The highest BCUT2D eigenvalue weighted by atomic mass is 31.2. The second kappa shape index (κ2) is 9.54. The molecule has 0 bridgehead atoms. The zero-order valence-electron chi connectivity index (χ0n) is 14.1. The lowest BCUT2D eigenvalue weighted by Gasteiger charge is -2.25. The van der Waals surface area contributed by atoms with Gasteiger partial charge in [0.1, 0.15) is 12.1 Å². The summed E-state index contributed by atoms with van der Waals surface area (Å²) in [5.41, 5.74) is 0.790. The van der Waals surface area contributed by atoms with Gasteiger partial charge in [-0.1, -0.05) is 30.3 Å². The molecule has 3 atom stereocenters.